The number of amides is 1. The summed E-state index contributed by atoms with van der Waals surface area (Å²) in [6.45, 7) is 2.42. The molecular formula is C26H31F2N3O5S. The Hall–Kier alpha value is -3.31. The lowest BCUT2D eigenvalue weighted by Crippen LogP contribution is -2.43. The van der Waals surface area contributed by atoms with Gasteiger partial charge in [-0.3, -0.25) is 9.59 Å². The van der Waals surface area contributed by atoms with Gasteiger partial charge in [-0.05, 0) is 64.2 Å². The molecule has 2 N–H and O–H groups in total. The summed E-state index contributed by atoms with van der Waals surface area (Å²) in [5, 5.41) is 12.8. The van der Waals surface area contributed by atoms with Crippen LogP contribution in [0.3, 0.4) is 0 Å². The molecule has 4 rings (SSSR count). The van der Waals surface area contributed by atoms with Crippen molar-refractivity contribution in [1.82, 2.24) is 15.2 Å². The molecule has 0 fully saturated rings. The Balaban J connectivity index is 0.000000886. The average molecular weight is 536 g/mol. The van der Waals surface area contributed by atoms with Crippen molar-refractivity contribution in [3.63, 3.8) is 0 Å². The van der Waals surface area contributed by atoms with Gasteiger partial charge >= 0.3 is 5.97 Å². The maximum Gasteiger partial charge on any atom is 0.304 e. The molecule has 3 aromatic rings. The van der Waals surface area contributed by atoms with Gasteiger partial charge in [0.25, 0.3) is 0 Å². The molecule has 2 aromatic carbocycles. The Kier molecular flexibility index (Phi) is 9.03. The number of aromatic nitrogens is 1. The van der Waals surface area contributed by atoms with E-state index < -0.39 is 35.3 Å². The summed E-state index contributed by atoms with van der Waals surface area (Å²) in [7, 11) is 7.55. The quantitative estimate of drug-likeness (QED) is 0.449. The van der Waals surface area contributed by atoms with Gasteiger partial charge in [0, 0.05) is 12.1 Å². The predicted octanol–water partition coefficient (Wildman–Crippen LogP) is 4.04. The monoisotopic (exact) mass is 535 g/mol. The van der Waals surface area contributed by atoms with Gasteiger partial charge in [-0.2, -0.15) is 0 Å². The Morgan fingerprint density at radius 3 is 2.22 bits per heavy atom. The number of nitrogens with zero attached hydrogens (tertiary/aromatic N) is 2. The molecule has 0 radical (unpaired) electrons. The largest absolute Gasteiger partial charge is 0.493 e. The molecular weight excluding hydrogens is 504 g/mol. The van der Waals surface area contributed by atoms with Gasteiger partial charge in [0.15, 0.2) is 23.1 Å². The van der Waals surface area contributed by atoms with Gasteiger partial charge in [-0.15, -0.1) is 11.3 Å². The third kappa shape index (κ3) is 6.72. The molecule has 0 atom stereocenters. The molecule has 0 saturated carbocycles. The van der Waals surface area contributed by atoms with Crippen LogP contribution in [0.15, 0.2) is 24.3 Å². The zero-order valence-electron chi connectivity index (χ0n) is 21.5. The summed E-state index contributed by atoms with van der Waals surface area (Å²) >= 11 is 1.37. The van der Waals surface area contributed by atoms with Crippen molar-refractivity contribution >= 4 is 33.4 Å². The van der Waals surface area contributed by atoms with Crippen LogP contribution in [0.2, 0.25) is 0 Å². The number of carbonyl (C=O) groups excluding carboxylic acids is 1. The molecule has 200 valence electrons. The number of rotatable bonds is 8. The summed E-state index contributed by atoms with van der Waals surface area (Å²) in [4.78, 5) is 31.2. The number of aliphatic carboxylic acids is 1. The van der Waals surface area contributed by atoms with E-state index >= 15 is 0 Å². The molecule has 11 heteroatoms. The van der Waals surface area contributed by atoms with Crippen molar-refractivity contribution in [3.05, 3.63) is 52.0 Å². The fraction of sp³-hybridized carbons (Fsp3) is 0.423. The van der Waals surface area contributed by atoms with E-state index in [2.05, 4.69) is 10.3 Å². The zero-order valence-corrected chi connectivity index (χ0v) is 22.3. The number of hydrogen-bond acceptors (Lipinski definition) is 7. The number of carboxylic acids is 1. The van der Waals surface area contributed by atoms with Crippen molar-refractivity contribution in [1.29, 1.82) is 0 Å². The van der Waals surface area contributed by atoms with Crippen molar-refractivity contribution < 1.29 is 33.0 Å². The highest BCUT2D eigenvalue weighted by Crippen LogP contribution is 2.41. The van der Waals surface area contributed by atoms with Crippen LogP contribution >= 0.6 is 11.3 Å². The van der Waals surface area contributed by atoms with E-state index in [4.69, 9.17) is 9.47 Å². The van der Waals surface area contributed by atoms with E-state index in [-0.39, 0.29) is 19.4 Å². The van der Waals surface area contributed by atoms with Gasteiger partial charge in [0.2, 0.25) is 5.91 Å². The summed E-state index contributed by atoms with van der Waals surface area (Å²) in [5.74, 6) is -2.54. The first-order valence-electron chi connectivity index (χ1n) is 11.7. The minimum atomic E-state index is -1.32. The maximum atomic E-state index is 13.7. The number of methoxy groups -OCH3 is 1. The van der Waals surface area contributed by atoms with E-state index in [1.807, 2.05) is 39.0 Å². The Morgan fingerprint density at radius 1 is 1.11 bits per heavy atom. The molecule has 0 spiro atoms. The summed E-state index contributed by atoms with van der Waals surface area (Å²) in [6, 6.07) is 5.66. The van der Waals surface area contributed by atoms with E-state index in [1.165, 1.54) is 11.3 Å². The average Bonchev–Trinajstić information content (AvgIpc) is 3.37. The zero-order chi connectivity index (χ0) is 27.3. The van der Waals surface area contributed by atoms with Gasteiger partial charge in [-0.1, -0.05) is 0 Å². The molecule has 8 nitrogen and oxygen atoms in total. The summed E-state index contributed by atoms with van der Waals surface area (Å²) in [6.07, 6.45) is -0.412. The third-order valence-electron chi connectivity index (χ3n) is 5.69. The second-order valence-electron chi connectivity index (χ2n) is 9.28. The lowest BCUT2D eigenvalue weighted by molar-refractivity contribution is -0.145. The summed E-state index contributed by atoms with van der Waals surface area (Å²) < 4.78 is 39.1. The molecule has 1 heterocycles. The van der Waals surface area contributed by atoms with E-state index in [1.54, 1.807) is 13.2 Å². The van der Waals surface area contributed by atoms with Crippen molar-refractivity contribution in [2.45, 2.75) is 32.7 Å². The number of nitrogens with one attached hydrogen (secondary N) is 1. The van der Waals surface area contributed by atoms with Gasteiger partial charge < -0.3 is 24.8 Å². The second-order valence-corrected chi connectivity index (χ2v) is 10.4. The second kappa shape index (κ2) is 11.8. The molecule has 1 aromatic heterocycles. The van der Waals surface area contributed by atoms with Gasteiger partial charge in [0.1, 0.15) is 5.01 Å². The van der Waals surface area contributed by atoms with Crippen molar-refractivity contribution in [3.8, 4) is 11.5 Å². The number of fused-ring (bicyclic) bond motifs is 2. The fourth-order valence-electron chi connectivity index (χ4n) is 4.24. The SMILES string of the molecule is CCOc1cc2nc(CNC(=O)C3(CC(=O)O)Cc4cc(F)c(F)cc4C3)sc2cc1OC.CN(C)C. The Labute approximate surface area is 218 Å². The topological polar surface area (TPSA) is 101 Å². The smallest absolute Gasteiger partial charge is 0.304 e. The molecule has 0 bridgehead atoms. The number of hydrogen-bond donors (Lipinski definition) is 2. The maximum absolute atomic E-state index is 13.7. The van der Waals surface area contributed by atoms with Crippen molar-refractivity contribution in [2.75, 3.05) is 34.9 Å². The van der Waals surface area contributed by atoms with E-state index in [9.17, 15) is 23.5 Å². The molecule has 0 unspecified atom stereocenters. The van der Waals surface area contributed by atoms with Gasteiger partial charge in [-0.25, -0.2) is 13.8 Å². The Morgan fingerprint density at radius 2 is 1.70 bits per heavy atom. The number of benzene rings is 2. The lowest BCUT2D eigenvalue weighted by Gasteiger charge is -2.25. The molecule has 1 aliphatic rings. The fourth-order valence-corrected chi connectivity index (χ4v) is 5.15. The van der Waals surface area contributed by atoms with Crippen LogP contribution < -0.4 is 14.8 Å². The third-order valence-corrected chi connectivity index (χ3v) is 6.71. The highest BCUT2D eigenvalue weighted by atomic mass is 32.1. The van der Waals surface area contributed by atoms with E-state index in [0.29, 0.717) is 39.8 Å². The van der Waals surface area contributed by atoms with E-state index in [0.717, 1.165) is 16.8 Å². The number of carboxylic acid groups (broad SMARTS) is 1. The normalized spacial score (nSPS) is 13.6. The van der Waals surface area contributed by atoms with Crippen LogP contribution in [0.1, 0.15) is 29.5 Å². The van der Waals surface area contributed by atoms with Crippen LogP contribution in [-0.4, -0.2) is 61.7 Å². The number of carbonyl (C=O) groups is 2. The molecule has 37 heavy (non-hydrogen) atoms. The highest BCUT2D eigenvalue weighted by Gasteiger charge is 2.46. The minimum Gasteiger partial charge on any atom is -0.493 e. The van der Waals surface area contributed by atoms with Crippen LogP contribution in [0.5, 0.6) is 11.5 Å². The predicted molar refractivity (Wildman–Crippen MR) is 137 cm³/mol. The van der Waals surface area contributed by atoms with Crippen LogP contribution in [0.25, 0.3) is 10.2 Å². The first-order chi connectivity index (χ1) is 17.5. The molecule has 0 aliphatic heterocycles. The summed E-state index contributed by atoms with van der Waals surface area (Å²) in [5.41, 5.74) is 0.255. The van der Waals surface area contributed by atoms with Crippen molar-refractivity contribution in [2.24, 2.45) is 5.41 Å². The number of thiazole rings is 1. The first kappa shape index (κ1) is 28.3. The molecule has 0 saturated heterocycles. The minimum absolute atomic E-state index is 0.0203. The van der Waals surface area contributed by atoms with Gasteiger partial charge in [0.05, 0.1) is 42.3 Å². The standard InChI is InChI=1S/C23H22F2N2O5S.C3H9N/c1-3-32-18-6-16-19(7-17(18)31-2)33-20(27-16)11-26-22(30)23(10-21(28)29)8-12-4-14(24)15(25)5-13(12)9-23;1-4(2)3/h4-7H,3,8-11H2,1-2H3,(H,26,30)(H,28,29);1-3H3. The number of halogens is 2. The van der Waals surface area contributed by atoms with Crippen LogP contribution in [0, 0.1) is 17.0 Å². The Bertz CT molecular complexity index is 1260. The van der Waals surface area contributed by atoms with Crippen LogP contribution in [0.4, 0.5) is 8.78 Å². The van der Waals surface area contributed by atoms with Crippen LogP contribution in [-0.2, 0) is 29.0 Å². The molecule has 1 aliphatic carbocycles. The molecule has 1 amide bonds. The number of ether oxygens (including phenoxy) is 2. The first-order valence-corrected chi connectivity index (χ1v) is 12.5. The lowest BCUT2D eigenvalue weighted by atomic mass is 9.80. The highest BCUT2D eigenvalue weighted by molar-refractivity contribution is 7.18.